The Hall–Kier alpha value is -2.36. The molecule has 4 aliphatic carbocycles. The van der Waals surface area contributed by atoms with E-state index in [-0.39, 0.29) is 43.7 Å². The quantitative estimate of drug-likeness (QED) is 0.494. The number of hydroxylamine groups is 2. The molecule has 0 amide bonds. The minimum atomic E-state index is -2.27. The lowest BCUT2D eigenvalue weighted by Crippen LogP contribution is -2.68. The second-order valence-electron chi connectivity index (χ2n) is 12.1. The van der Waals surface area contributed by atoms with Gasteiger partial charge >= 0.3 is 5.97 Å². The van der Waals surface area contributed by atoms with Crippen LogP contribution in [0.25, 0.3) is 0 Å². The third-order valence-corrected chi connectivity index (χ3v) is 9.95. The summed E-state index contributed by atoms with van der Waals surface area (Å²) < 4.78 is 38.6. The summed E-state index contributed by atoms with van der Waals surface area (Å²) in [5.74, 6) is -3.22. The number of fused-ring (bicyclic) bond motifs is 5. The molecular formula is C28H35F2NO6. The number of halogens is 2. The van der Waals surface area contributed by atoms with Crippen LogP contribution in [0.1, 0.15) is 51.6 Å². The molecule has 37 heavy (non-hydrogen) atoms. The standard InChI is InChI=1S/C28H35F2NO6/c1-14-10-27(4)20(9-22(14)32)21(29)8-19-18-7-16(12-31(36)13-17-6-5-15(2)37-17)24(25(34)35)26(18,3)11-23(33)28(19,27)30/h5-6,9-10,16,18-19,21,23-24,33,36H,7-8,11-13H2,1-4H3,(H,34,35)/t16-,18?,19-,21-,23-,24+,26-,27-,28-/m0/s1. The Morgan fingerprint density at radius 2 is 1.92 bits per heavy atom. The minimum absolute atomic E-state index is 0.0138. The van der Waals surface area contributed by atoms with Gasteiger partial charge in [0.15, 0.2) is 11.5 Å². The summed E-state index contributed by atoms with van der Waals surface area (Å²) >= 11 is 0. The van der Waals surface area contributed by atoms with Crippen molar-refractivity contribution >= 4 is 11.8 Å². The zero-order valence-electron chi connectivity index (χ0n) is 21.6. The predicted molar refractivity (Wildman–Crippen MR) is 129 cm³/mol. The van der Waals surface area contributed by atoms with Crippen molar-refractivity contribution in [3.8, 4) is 0 Å². The highest BCUT2D eigenvalue weighted by Gasteiger charge is 2.73. The zero-order chi connectivity index (χ0) is 27.1. The van der Waals surface area contributed by atoms with E-state index in [0.29, 0.717) is 17.1 Å². The van der Waals surface area contributed by atoms with Gasteiger partial charge < -0.3 is 19.8 Å². The van der Waals surface area contributed by atoms with Crippen molar-refractivity contribution < 1.29 is 38.2 Å². The van der Waals surface area contributed by atoms with Gasteiger partial charge in [0.2, 0.25) is 0 Å². The lowest BCUT2D eigenvalue weighted by atomic mass is 9.44. The highest BCUT2D eigenvalue weighted by atomic mass is 19.1. The molecule has 1 unspecified atom stereocenters. The molecular weight excluding hydrogens is 484 g/mol. The Balaban J connectivity index is 1.50. The Bertz CT molecular complexity index is 1190. The summed E-state index contributed by atoms with van der Waals surface area (Å²) in [6.45, 7) is 6.71. The van der Waals surface area contributed by atoms with E-state index in [1.165, 1.54) is 12.2 Å². The largest absolute Gasteiger partial charge is 0.481 e. The third-order valence-electron chi connectivity index (χ3n) is 9.95. The van der Waals surface area contributed by atoms with Gasteiger partial charge in [-0.3, -0.25) is 9.59 Å². The summed E-state index contributed by atoms with van der Waals surface area (Å²) in [4.78, 5) is 24.9. The molecule has 1 aromatic rings. The van der Waals surface area contributed by atoms with Crippen molar-refractivity contribution in [1.82, 2.24) is 5.06 Å². The molecule has 0 radical (unpaired) electrons. The van der Waals surface area contributed by atoms with E-state index in [4.69, 9.17) is 4.42 Å². The fourth-order valence-electron chi connectivity index (χ4n) is 8.41. The molecule has 9 atom stereocenters. The van der Waals surface area contributed by atoms with Crippen LogP contribution in [0.15, 0.2) is 39.8 Å². The van der Waals surface area contributed by atoms with Crippen molar-refractivity contribution in [2.24, 2.45) is 34.5 Å². The SMILES string of the molecule is CC1=C[C@@]2(C)C(=CC1=O)[C@@H](F)C[C@H]1C3C[C@@H](CN(O)Cc4ccc(C)o4)[C@H](C(=O)O)[C@@]3(C)C[C@H](O)[C@@]12F. The van der Waals surface area contributed by atoms with Gasteiger partial charge in [0.1, 0.15) is 17.7 Å². The number of aliphatic carboxylic acids is 1. The van der Waals surface area contributed by atoms with Crippen molar-refractivity contribution in [2.75, 3.05) is 6.54 Å². The lowest BCUT2D eigenvalue weighted by Gasteiger charge is -2.62. The number of nitrogens with zero attached hydrogens (tertiary/aromatic N) is 1. The molecule has 7 nitrogen and oxygen atoms in total. The minimum Gasteiger partial charge on any atom is -0.481 e. The second kappa shape index (κ2) is 8.58. The average molecular weight is 520 g/mol. The van der Waals surface area contributed by atoms with Crippen molar-refractivity contribution in [1.29, 1.82) is 0 Å². The Morgan fingerprint density at radius 1 is 1.22 bits per heavy atom. The van der Waals surface area contributed by atoms with Crippen LogP contribution in [-0.4, -0.2) is 56.7 Å². The van der Waals surface area contributed by atoms with Crippen LogP contribution in [0.5, 0.6) is 0 Å². The molecule has 0 bridgehead atoms. The molecule has 4 aliphatic rings. The number of allylic oxidation sites excluding steroid dienone is 4. The highest BCUT2D eigenvalue weighted by molar-refractivity contribution is 6.05. The van der Waals surface area contributed by atoms with Crippen molar-refractivity contribution in [2.45, 2.75) is 71.4 Å². The number of aliphatic hydroxyl groups excluding tert-OH is 1. The number of rotatable bonds is 5. The summed E-state index contributed by atoms with van der Waals surface area (Å²) in [6, 6.07) is 3.50. The number of aryl methyl sites for hydroxylation is 1. The van der Waals surface area contributed by atoms with Crippen molar-refractivity contribution in [3.05, 3.63) is 47.0 Å². The first-order chi connectivity index (χ1) is 17.2. The van der Waals surface area contributed by atoms with E-state index in [1.807, 2.05) is 0 Å². The number of carbonyl (C=O) groups is 2. The maximum Gasteiger partial charge on any atom is 0.307 e. The molecule has 3 fully saturated rings. The first-order valence-electron chi connectivity index (χ1n) is 12.9. The molecule has 5 rings (SSSR count). The van der Waals surface area contributed by atoms with Crippen LogP contribution in [0.2, 0.25) is 0 Å². The number of ketones is 1. The number of hydrogen-bond acceptors (Lipinski definition) is 6. The smallest absolute Gasteiger partial charge is 0.307 e. The molecule has 1 aromatic heterocycles. The number of carbonyl (C=O) groups excluding carboxylic acids is 1. The van der Waals surface area contributed by atoms with Gasteiger partial charge in [-0.15, -0.1) is 0 Å². The highest BCUT2D eigenvalue weighted by Crippen LogP contribution is 2.70. The fraction of sp³-hybridized carbons (Fsp3) is 0.643. The number of carboxylic acid groups (broad SMARTS) is 1. The van der Waals surface area contributed by atoms with Crippen LogP contribution in [0, 0.1) is 41.4 Å². The predicted octanol–water partition coefficient (Wildman–Crippen LogP) is 4.42. The lowest BCUT2D eigenvalue weighted by molar-refractivity contribution is -0.204. The summed E-state index contributed by atoms with van der Waals surface area (Å²) in [5, 5.41) is 33.3. The number of furan rings is 1. The maximum atomic E-state index is 17.4. The van der Waals surface area contributed by atoms with Crippen molar-refractivity contribution in [3.63, 3.8) is 0 Å². The van der Waals surface area contributed by atoms with Gasteiger partial charge in [0.25, 0.3) is 0 Å². The van der Waals surface area contributed by atoms with E-state index >= 15 is 8.78 Å². The molecule has 0 aromatic carbocycles. The molecule has 202 valence electrons. The van der Waals surface area contributed by atoms with Crippen LogP contribution in [-0.2, 0) is 16.1 Å². The van der Waals surface area contributed by atoms with E-state index in [2.05, 4.69) is 0 Å². The number of alkyl halides is 2. The molecule has 9 heteroatoms. The third kappa shape index (κ3) is 3.68. The molecule has 3 saturated carbocycles. The summed E-state index contributed by atoms with van der Waals surface area (Å²) in [7, 11) is 0. The van der Waals surface area contributed by atoms with Gasteiger partial charge in [-0.2, -0.15) is 5.06 Å². The number of hydrogen-bond donors (Lipinski definition) is 3. The summed E-state index contributed by atoms with van der Waals surface area (Å²) in [5.41, 5.74) is -4.45. The monoisotopic (exact) mass is 519 g/mol. The Kier molecular flexibility index (Phi) is 6.09. The van der Waals surface area contributed by atoms with Gasteiger partial charge in [-0.25, -0.2) is 8.78 Å². The van der Waals surface area contributed by atoms with Gasteiger partial charge in [0, 0.05) is 17.9 Å². The Labute approximate surface area is 214 Å². The molecule has 0 aliphatic heterocycles. The number of aliphatic hydroxyl groups is 1. The van der Waals surface area contributed by atoms with Gasteiger partial charge in [-0.1, -0.05) is 13.0 Å². The van der Waals surface area contributed by atoms with Gasteiger partial charge in [-0.05, 0) is 86.6 Å². The molecule has 1 heterocycles. The second-order valence-corrected chi connectivity index (χ2v) is 12.1. The molecule has 0 spiro atoms. The maximum absolute atomic E-state index is 17.4. The first-order valence-corrected chi connectivity index (χ1v) is 12.9. The zero-order valence-corrected chi connectivity index (χ0v) is 21.6. The first kappa shape index (κ1) is 26.3. The van der Waals surface area contributed by atoms with Crippen LogP contribution in [0.4, 0.5) is 8.78 Å². The van der Waals surface area contributed by atoms with E-state index in [9.17, 15) is 25.0 Å². The van der Waals surface area contributed by atoms with Crippen LogP contribution < -0.4 is 0 Å². The van der Waals surface area contributed by atoms with E-state index < -0.39 is 58.4 Å². The average Bonchev–Trinajstić information content (AvgIpc) is 3.32. The normalized spacial score (nSPS) is 43.1. The molecule has 3 N–H and O–H groups in total. The molecule has 0 saturated heterocycles. The van der Waals surface area contributed by atoms with Gasteiger partial charge in [0.05, 0.1) is 18.6 Å². The number of carboxylic acids is 1. The van der Waals surface area contributed by atoms with Crippen LogP contribution >= 0.6 is 0 Å². The Morgan fingerprint density at radius 3 is 2.54 bits per heavy atom. The van der Waals surface area contributed by atoms with E-state index in [0.717, 1.165) is 5.06 Å². The van der Waals surface area contributed by atoms with E-state index in [1.54, 1.807) is 39.8 Å². The fourth-order valence-corrected chi connectivity index (χ4v) is 8.41. The topological polar surface area (TPSA) is 111 Å². The van der Waals surface area contributed by atoms with Crippen LogP contribution in [0.3, 0.4) is 0 Å². The summed E-state index contributed by atoms with van der Waals surface area (Å²) in [6.07, 6.45) is -0.569.